The molecule has 2 atom stereocenters. The fourth-order valence-corrected chi connectivity index (χ4v) is 2.55. The molecule has 14 heavy (non-hydrogen) atoms. The van der Waals surface area contributed by atoms with Crippen molar-refractivity contribution in [2.24, 2.45) is 11.3 Å². The number of rotatable bonds is 1. The first kappa shape index (κ1) is 10.0. The van der Waals surface area contributed by atoms with Crippen LogP contribution in [0.1, 0.15) is 38.7 Å². The largest absolute Gasteiger partial charge is 0.0840 e. The third kappa shape index (κ3) is 1.81. The summed E-state index contributed by atoms with van der Waals surface area (Å²) < 4.78 is 0. The Kier molecular flexibility index (Phi) is 2.35. The lowest BCUT2D eigenvalue weighted by molar-refractivity contribution is 0.343. The van der Waals surface area contributed by atoms with Gasteiger partial charge in [-0.3, -0.25) is 0 Å². The Morgan fingerprint density at radius 1 is 1.21 bits per heavy atom. The van der Waals surface area contributed by atoms with E-state index < -0.39 is 0 Å². The van der Waals surface area contributed by atoms with Gasteiger partial charge in [0.05, 0.1) is 0 Å². The number of hydrogen-bond donors (Lipinski definition) is 0. The molecule has 0 bridgehead atoms. The maximum Gasteiger partial charge on any atom is 0.0440 e. The first-order chi connectivity index (χ1) is 6.50. The molecule has 0 nitrogen and oxygen atoms in total. The van der Waals surface area contributed by atoms with Gasteiger partial charge in [0.25, 0.3) is 0 Å². The second-order valence-electron chi connectivity index (χ2n) is 5.34. The van der Waals surface area contributed by atoms with Gasteiger partial charge in [0.15, 0.2) is 0 Å². The molecule has 0 saturated heterocycles. The van der Waals surface area contributed by atoms with Crippen molar-refractivity contribution in [3.63, 3.8) is 0 Å². The van der Waals surface area contributed by atoms with E-state index in [9.17, 15) is 0 Å². The van der Waals surface area contributed by atoms with Gasteiger partial charge in [0.1, 0.15) is 0 Å². The van der Waals surface area contributed by atoms with E-state index in [1.165, 1.54) is 12.0 Å². The summed E-state index contributed by atoms with van der Waals surface area (Å²) in [7, 11) is 0. The molecule has 1 aromatic rings. The Hall–Kier alpha value is -0.490. The van der Waals surface area contributed by atoms with Crippen molar-refractivity contribution in [3.8, 4) is 0 Å². The summed E-state index contributed by atoms with van der Waals surface area (Å²) in [6.07, 6.45) is 1.30. The van der Waals surface area contributed by atoms with E-state index in [1.807, 2.05) is 12.1 Å². The highest BCUT2D eigenvalue weighted by molar-refractivity contribution is 6.31. The predicted octanol–water partition coefficient (Wildman–Crippen LogP) is 4.49. The topological polar surface area (TPSA) is 0 Å². The molecule has 76 valence electrons. The molecule has 0 amide bonds. The first-order valence-corrected chi connectivity index (χ1v) is 5.62. The quantitative estimate of drug-likeness (QED) is 0.638. The van der Waals surface area contributed by atoms with Crippen LogP contribution < -0.4 is 0 Å². The van der Waals surface area contributed by atoms with E-state index >= 15 is 0 Å². The van der Waals surface area contributed by atoms with E-state index in [4.69, 9.17) is 11.6 Å². The van der Waals surface area contributed by atoms with Crippen molar-refractivity contribution in [3.05, 3.63) is 34.9 Å². The van der Waals surface area contributed by atoms with Gasteiger partial charge in [-0.1, -0.05) is 50.6 Å². The van der Waals surface area contributed by atoms with Crippen LogP contribution >= 0.6 is 11.6 Å². The average molecular weight is 209 g/mol. The minimum absolute atomic E-state index is 0.420. The molecular formula is C13H17Cl. The standard InChI is InChI=1S/C13H17Cl/c1-13(2,3)11-8-10(11)9-6-4-5-7-12(9)14/h4-7,10-11H,8H2,1-3H3/t10-,11?/m1/s1. The first-order valence-electron chi connectivity index (χ1n) is 5.24. The van der Waals surface area contributed by atoms with E-state index in [0.717, 1.165) is 10.9 Å². The van der Waals surface area contributed by atoms with E-state index in [1.54, 1.807) is 0 Å². The summed E-state index contributed by atoms with van der Waals surface area (Å²) >= 11 is 6.17. The van der Waals surface area contributed by atoms with Crippen molar-refractivity contribution >= 4 is 11.6 Å². The molecule has 1 aromatic carbocycles. The highest BCUT2D eigenvalue weighted by Crippen LogP contribution is 2.57. The molecular weight excluding hydrogens is 192 g/mol. The molecule has 1 aliphatic rings. The van der Waals surface area contributed by atoms with E-state index in [0.29, 0.717) is 11.3 Å². The van der Waals surface area contributed by atoms with E-state index in [2.05, 4.69) is 32.9 Å². The fraction of sp³-hybridized carbons (Fsp3) is 0.538. The second kappa shape index (κ2) is 3.27. The van der Waals surface area contributed by atoms with Gasteiger partial charge in [-0.05, 0) is 35.3 Å². The summed E-state index contributed by atoms with van der Waals surface area (Å²) in [6.45, 7) is 6.94. The van der Waals surface area contributed by atoms with E-state index in [-0.39, 0.29) is 0 Å². The molecule has 0 N–H and O–H groups in total. The maximum absolute atomic E-state index is 6.17. The van der Waals surface area contributed by atoms with Crippen molar-refractivity contribution in [2.45, 2.75) is 33.1 Å². The van der Waals surface area contributed by atoms with Crippen LogP contribution in [0.3, 0.4) is 0 Å². The minimum Gasteiger partial charge on any atom is -0.0840 e. The highest BCUT2D eigenvalue weighted by Gasteiger charge is 2.46. The SMILES string of the molecule is CC(C)(C)C1C[C@@H]1c1ccccc1Cl. The Balaban J connectivity index is 2.18. The fourth-order valence-electron chi connectivity index (χ4n) is 2.27. The van der Waals surface area contributed by atoms with Gasteiger partial charge >= 0.3 is 0 Å². The summed E-state index contributed by atoms with van der Waals surface area (Å²) in [6, 6.07) is 8.24. The normalized spacial score (nSPS) is 26.3. The lowest BCUT2D eigenvalue weighted by atomic mass is 9.88. The zero-order valence-electron chi connectivity index (χ0n) is 9.05. The monoisotopic (exact) mass is 208 g/mol. The highest BCUT2D eigenvalue weighted by atomic mass is 35.5. The second-order valence-corrected chi connectivity index (χ2v) is 5.74. The smallest absolute Gasteiger partial charge is 0.0440 e. The zero-order valence-corrected chi connectivity index (χ0v) is 9.81. The third-order valence-electron chi connectivity index (χ3n) is 3.21. The summed E-state index contributed by atoms with van der Waals surface area (Å²) in [5.74, 6) is 1.51. The Morgan fingerprint density at radius 2 is 1.86 bits per heavy atom. The molecule has 1 saturated carbocycles. The molecule has 0 spiro atoms. The van der Waals surface area contributed by atoms with Gasteiger partial charge in [-0.2, -0.15) is 0 Å². The van der Waals surface area contributed by atoms with Crippen LogP contribution in [0.15, 0.2) is 24.3 Å². The van der Waals surface area contributed by atoms with Crippen molar-refractivity contribution < 1.29 is 0 Å². The average Bonchev–Trinajstić information content (AvgIpc) is 2.83. The lowest BCUT2D eigenvalue weighted by Gasteiger charge is -2.18. The molecule has 1 fully saturated rings. The Morgan fingerprint density at radius 3 is 2.36 bits per heavy atom. The van der Waals surface area contributed by atoms with Crippen molar-refractivity contribution in [2.75, 3.05) is 0 Å². The van der Waals surface area contributed by atoms with Crippen molar-refractivity contribution in [1.29, 1.82) is 0 Å². The van der Waals surface area contributed by atoms with Crippen LogP contribution in [0, 0.1) is 11.3 Å². The summed E-state index contributed by atoms with van der Waals surface area (Å²) in [5, 5.41) is 0.934. The Bertz CT molecular complexity index is 335. The minimum atomic E-state index is 0.420. The molecule has 0 radical (unpaired) electrons. The lowest BCUT2D eigenvalue weighted by Crippen LogP contribution is -2.08. The number of benzene rings is 1. The van der Waals surface area contributed by atoms with Crippen molar-refractivity contribution in [1.82, 2.24) is 0 Å². The van der Waals surface area contributed by atoms with Gasteiger partial charge < -0.3 is 0 Å². The molecule has 0 heterocycles. The molecule has 1 aliphatic carbocycles. The molecule has 1 unspecified atom stereocenters. The van der Waals surface area contributed by atoms with Crippen LogP contribution in [0.4, 0.5) is 0 Å². The predicted molar refractivity (Wildman–Crippen MR) is 61.8 cm³/mol. The molecule has 0 aliphatic heterocycles. The third-order valence-corrected chi connectivity index (χ3v) is 3.55. The summed E-state index contributed by atoms with van der Waals surface area (Å²) in [5.41, 5.74) is 1.76. The van der Waals surface area contributed by atoms with Crippen LogP contribution in [0.25, 0.3) is 0 Å². The van der Waals surface area contributed by atoms with Crippen LogP contribution in [0.2, 0.25) is 5.02 Å². The maximum atomic E-state index is 6.17. The van der Waals surface area contributed by atoms with Crippen LogP contribution in [-0.2, 0) is 0 Å². The zero-order chi connectivity index (χ0) is 10.3. The van der Waals surface area contributed by atoms with Gasteiger partial charge in [0, 0.05) is 5.02 Å². The number of hydrogen-bond acceptors (Lipinski definition) is 0. The van der Waals surface area contributed by atoms with Gasteiger partial charge in [-0.25, -0.2) is 0 Å². The molecule has 0 aromatic heterocycles. The molecule has 2 rings (SSSR count). The van der Waals surface area contributed by atoms with Crippen LogP contribution in [-0.4, -0.2) is 0 Å². The summed E-state index contributed by atoms with van der Waals surface area (Å²) in [4.78, 5) is 0. The van der Waals surface area contributed by atoms with Gasteiger partial charge in [-0.15, -0.1) is 0 Å². The Labute approximate surface area is 91.3 Å². The van der Waals surface area contributed by atoms with Gasteiger partial charge in [0.2, 0.25) is 0 Å². The van der Waals surface area contributed by atoms with Crippen LogP contribution in [0.5, 0.6) is 0 Å². The molecule has 1 heteroatoms. The number of halogens is 1.